The van der Waals surface area contributed by atoms with Gasteiger partial charge in [-0.2, -0.15) is 0 Å². The maximum Gasteiger partial charge on any atom is 0.122 e. The maximum atomic E-state index is 5.74. The number of hydrogen-bond donors (Lipinski definition) is 1. The van der Waals surface area contributed by atoms with Gasteiger partial charge in [-0.3, -0.25) is 4.90 Å². The first kappa shape index (κ1) is 12.2. The van der Waals surface area contributed by atoms with Crippen LogP contribution in [-0.4, -0.2) is 38.8 Å². The van der Waals surface area contributed by atoms with Gasteiger partial charge in [0.2, 0.25) is 0 Å². The second kappa shape index (κ2) is 6.61. The van der Waals surface area contributed by atoms with Crippen LogP contribution in [0.4, 0.5) is 0 Å². The Morgan fingerprint density at radius 1 is 1.60 bits per heavy atom. The summed E-state index contributed by atoms with van der Waals surface area (Å²) in [7, 11) is 3.77. The molecule has 2 N–H and O–H groups in total. The summed E-state index contributed by atoms with van der Waals surface area (Å²) >= 11 is 0. The minimum Gasteiger partial charge on any atom is -0.468 e. The fourth-order valence-corrected chi connectivity index (χ4v) is 1.61. The van der Waals surface area contributed by atoms with Crippen LogP contribution < -0.4 is 5.73 Å². The summed E-state index contributed by atoms with van der Waals surface area (Å²) in [5.41, 5.74) is 5.74. The Labute approximate surface area is 91.0 Å². The monoisotopic (exact) mass is 212 g/mol. The minimum absolute atomic E-state index is 0.164. The van der Waals surface area contributed by atoms with Gasteiger partial charge < -0.3 is 14.9 Å². The molecule has 15 heavy (non-hydrogen) atoms. The van der Waals surface area contributed by atoms with E-state index in [2.05, 4.69) is 11.9 Å². The molecule has 0 aliphatic heterocycles. The fourth-order valence-electron chi connectivity index (χ4n) is 1.61. The number of rotatable bonds is 7. The molecule has 86 valence electrons. The molecule has 0 amide bonds. The predicted molar refractivity (Wildman–Crippen MR) is 59.6 cm³/mol. The Morgan fingerprint density at radius 3 is 2.93 bits per heavy atom. The lowest BCUT2D eigenvalue weighted by Crippen LogP contribution is -2.31. The molecule has 1 aromatic heterocycles. The summed E-state index contributed by atoms with van der Waals surface area (Å²) in [6.07, 6.45) is 2.69. The van der Waals surface area contributed by atoms with Crippen LogP contribution in [0.25, 0.3) is 0 Å². The lowest BCUT2D eigenvalue weighted by Gasteiger charge is -2.24. The Kier molecular flexibility index (Phi) is 5.39. The summed E-state index contributed by atoms with van der Waals surface area (Å²) in [5, 5.41) is 0. The molecular weight excluding hydrogens is 192 g/mol. The summed E-state index contributed by atoms with van der Waals surface area (Å²) in [5.74, 6) is 0.928. The highest BCUT2D eigenvalue weighted by Gasteiger charge is 2.17. The zero-order chi connectivity index (χ0) is 11.1. The van der Waals surface area contributed by atoms with Crippen LogP contribution >= 0.6 is 0 Å². The summed E-state index contributed by atoms with van der Waals surface area (Å²) in [6, 6.07) is 4.02. The van der Waals surface area contributed by atoms with Crippen molar-refractivity contribution in [1.29, 1.82) is 0 Å². The number of hydrogen-bond acceptors (Lipinski definition) is 4. The minimum atomic E-state index is 0.164. The van der Waals surface area contributed by atoms with Crippen LogP contribution in [0.15, 0.2) is 22.8 Å². The molecule has 0 bridgehead atoms. The molecule has 1 atom stereocenters. The van der Waals surface area contributed by atoms with Crippen LogP contribution in [-0.2, 0) is 4.74 Å². The highest BCUT2D eigenvalue weighted by molar-refractivity contribution is 5.04. The standard InChI is InChI=1S/C11H20N2O2/c1-13(6-4-7-14-2)10(9-12)11-5-3-8-15-11/h3,5,8,10H,4,6-7,9,12H2,1-2H3. The Balaban J connectivity index is 2.44. The molecule has 1 rings (SSSR count). The number of nitrogens with two attached hydrogens (primary N) is 1. The second-order valence-electron chi connectivity index (χ2n) is 3.59. The fraction of sp³-hybridized carbons (Fsp3) is 0.636. The zero-order valence-electron chi connectivity index (χ0n) is 9.48. The second-order valence-corrected chi connectivity index (χ2v) is 3.59. The van der Waals surface area contributed by atoms with Gasteiger partial charge in [-0.05, 0) is 25.6 Å². The van der Waals surface area contributed by atoms with E-state index in [0.717, 1.165) is 25.3 Å². The highest BCUT2D eigenvalue weighted by Crippen LogP contribution is 2.18. The average molecular weight is 212 g/mol. The maximum absolute atomic E-state index is 5.74. The average Bonchev–Trinajstić information content (AvgIpc) is 2.73. The smallest absolute Gasteiger partial charge is 0.122 e. The van der Waals surface area contributed by atoms with Gasteiger partial charge in [-0.15, -0.1) is 0 Å². The number of nitrogens with zero attached hydrogens (tertiary/aromatic N) is 1. The predicted octanol–water partition coefficient (Wildman–Crippen LogP) is 1.25. The quantitative estimate of drug-likeness (QED) is 0.691. The molecule has 0 aliphatic rings. The van der Waals surface area contributed by atoms with Crippen molar-refractivity contribution in [1.82, 2.24) is 4.90 Å². The Morgan fingerprint density at radius 2 is 2.40 bits per heavy atom. The first-order chi connectivity index (χ1) is 7.29. The van der Waals surface area contributed by atoms with E-state index < -0.39 is 0 Å². The molecule has 0 aromatic carbocycles. The Bertz CT molecular complexity index is 249. The normalized spacial score (nSPS) is 13.3. The van der Waals surface area contributed by atoms with E-state index in [9.17, 15) is 0 Å². The molecular formula is C11H20N2O2. The zero-order valence-corrected chi connectivity index (χ0v) is 9.48. The molecule has 0 fully saturated rings. The summed E-state index contributed by atoms with van der Waals surface area (Å²) < 4.78 is 10.4. The van der Waals surface area contributed by atoms with Gasteiger partial charge in [-0.1, -0.05) is 0 Å². The molecule has 4 nitrogen and oxygen atoms in total. The van der Waals surface area contributed by atoms with Crippen molar-refractivity contribution >= 4 is 0 Å². The number of methoxy groups -OCH3 is 1. The molecule has 4 heteroatoms. The lowest BCUT2D eigenvalue weighted by atomic mass is 10.2. The van der Waals surface area contributed by atoms with E-state index in [4.69, 9.17) is 14.9 Å². The number of ether oxygens (including phenoxy) is 1. The van der Waals surface area contributed by atoms with Gasteiger partial charge in [-0.25, -0.2) is 0 Å². The van der Waals surface area contributed by atoms with Crippen molar-refractivity contribution in [2.24, 2.45) is 5.73 Å². The third-order valence-corrected chi connectivity index (χ3v) is 2.49. The van der Waals surface area contributed by atoms with E-state index in [1.54, 1.807) is 13.4 Å². The summed E-state index contributed by atoms with van der Waals surface area (Å²) in [6.45, 7) is 2.30. The van der Waals surface area contributed by atoms with Gasteiger partial charge in [0.05, 0.1) is 12.3 Å². The van der Waals surface area contributed by atoms with Gasteiger partial charge in [0.25, 0.3) is 0 Å². The third kappa shape index (κ3) is 3.66. The number of likely N-dealkylation sites (N-methyl/N-ethyl adjacent to an activating group) is 1. The molecule has 1 unspecified atom stereocenters. The van der Waals surface area contributed by atoms with Crippen LogP contribution in [0.5, 0.6) is 0 Å². The summed E-state index contributed by atoms with van der Waals surface area (Å²) in [4.78, 5) is 2.19. The molecule has 0 spiro atoms. The first-order valence-corrected chi connectivity index (χ1v) is 5.22. The molecule has 0 saturated heterocycles. The van der Waals surface area contributed by atoms with E-state index in [1.165, 1.54) is 0 Å². The first-order valence-electron chi connectivity index (χ1n) is 5.22. The SMILES string of the molecule is COCCCN(C)C(CN)c1ccco1. The van der Waals surface area contributed by atoms with Gasteiger partial charge in [0.1, 0.15) is 5.76 Å². The van der Waals surface area contributed by atoms with Gasteiger partial charge in [0, 0.05) is 26.8 Å². The lowest BCUT2D eigenvalue weighted by molar-refractivity contribution is 0.160. The molecule has 0 aliphatic carbocycles. The highest BCUT2D eigenvalue weighted by atomic mass is 16.5. The number of furan rings is 1. The van der Waals surface area contributed by atoms with Crippen molar-refractivity contribution in [3.05, 3.63) is 24.2 Å². The molecule has 0 radical (unpaired) electrons. The van der Waals surface area contributed by atoms with Crippen molar-refractivity contribution in [3.63, 3.8) is 0 Å². The van der Waals surface area contributed by atoms with E-state index in [1.807, 2.05) is 12.1 Å². The van der Waals surface area contributed by atoms with E-state index >= 15 is 0 Å². The van der Waals surface area contributed by atoms with Crippen molar-refractivity contribution < 1.29 is 9.15 Å². The van der Waals surface area contributed by atoms with E-state index in [-0.39, 0.29) is 6.04 Å². The molecule has 1 heterocycles. The van der Waals surface area contributed by atoms with Gasteiger partial charge >= 0.3 is 0 Å². The molecule has 0 saturated carbocycles. The van der Waals surface area contributed by atoms with Crippen LogP contribution in [0.3, 0.4) is 0 Å². The van der Waals surface area contributed by atoms with Gasteiger partial charge in [0.15, 0.2) is 0 Å². The van der Waals surface area contributed by atoms with Crippen LogP contribution in [0, 0.1) is 0 Å². The molecule has 1 aromatic rings. The van der Waals surface area contributed by atoms with Crippen LogP contribution in [0.1, 0.15) is 18.2 Å². The van der Waals surface area contributed by atoms with Crippen molar-refractivity contribution in [2.45, 2.75) is 12.5 Å². The largest absolute Gasteiger partial charge is 0.468 e. The van der Waals surface area contributed by atoms with Crippen LogP contribution in [0.2, 0.25) is 0 Å². The third-order valence-electron chi connectivity index (χ3n) is 2.49. The van der Waals surface area contributed by atoms with Crippen molar-refractivity contribution in [2.75, 3.05) is 33.9 Å². The van der Waals surface area contributed by atoms with E-state index in [0.29, 0.717) is 6.54 Å². The topological polar surface area (TPSA) is 51.6 Å². The Hall–Kier alpha value is -0.840. The van der Waals surface area contributed by atoms with Crippen molar-refractivity contribution in [3.8, 4) is 0 Å².